The Kier molecular flexibility index (Phi) is 6.02. The number of fused-ring (bicyclic) bond motifs is 3. The van der Waals surface area contributed by atoms with Crippen LogP contribution in [0.5, 0.6) is 5.75 Å². The molecule has 0 spiro atoms. The van der Waals surface area contributed by atoms with Crippen LogP contribution in [0, 0.1) is 11.8 Å². The number of carbonyl (C=O) groups is 1. The van der Waals surface area contributed by atoms with Crippen LogP contribution in [-0.2, 0) is 23.7 Å². The second-order valence-electron chi connectivity index (χ2n) is 8.84. The fraction of sp³-hybridized carbons (Fsp3) is 0.591. The molecule has 12 heteroatoms. The minimum Gasteiger partial charge on any atom is -0.508 e. The second-order valence-corrected chi connectivity index (χ2v) is 8.84. The molecule has 6 N–H and O–H groups in total. The van der Waals surface area contributed by atoms with Gasteiger partial charge in [-0.25, -0.2) is 4.79 Å². The van der Waals surface area contributed by atoms with Gasteiger partial charge in [-0.15, -0.1) is 0 Å². The lowest BCUT2D eigenvalue weighted by molar-refractivity contribution is -0.344. The highest BCUT2D eigenvalue weighted by Gasteiger charge is 2.77. The summed E-state index contributed by atoms with van der Waals surface area (Å²) in [4.78, 5) is 12.7. The third kappa shape index (κ3) is 3.67. The number of carbonyl (C=O) groups excluding carboxylic acids is 1. The number of aromatic hydroxyl groups is 1. The van der Waals surface area contributed by atoms with Crippen LogP contribution in [-0.4, -0.2) is 105 Å². The topological polar surface area (TPSA) is 188 Å². The summed E-state index contributed by atoms with van der Waals surface area (Å²) in [7, 11) is 0. The maximum Gasteiger partial charge on any atom is 0.338 e. The first-order valence-corrected chi connectivity index (χ1v) is 10.9. The van der Waals surface area contributed by atoms with E-state index in [1.165, 1.54) is 30.5 Å². The van der Waals surface area contributed by atoms with Crippen molar-refractivity contribution in [3.05, 3.63) is 42.2 Å². The van der Waals surface area contributed by atoms with Gasteiger partial charge in [0.05, 0.1) is 31.0 Å². The predicted molar refractivity (Wildman–Crippen MR) is 108 cm³/mol. The van der Waals surface area contributed by atoms with E-state index in [9.17, 15) is 35.4 Å². The molecule has 3 heterocycles. The van der Waals surface area contributed by atoms with E-state index in [1.807, 2.05) is 0 Å². The van der Waals surface area contributed by atoms with Gasteiger partial charge in [-0.3, -0.25) is 0 Å². The van der Waals surface area contributed by atoms with Crippen molar-refractivity contribution < 1.29 is 59.1 Å². The number of esters is 1. The summed E-state index contributed by atoms with van der Waals surface area (Å²) < 4.78 is 28.3. The number of aliphatic hydroxyl groups excluding tert-OH is 5. The van der Waals surface area contributed by atoms with Gasteiger partial charge < -0.3 is 54.3 Å². The standard InChI is InChI=1S/C22H26O12/c23-7-12-14(26)15(27)16(28)21(31-12)33-20-13-11(5-6-30-20)17(18-22(13,8-24)34-18)32-19(29)9-1-3-10(25)4-2-9/h1-6,11-18,20-21,23-28H,7-8H2/t11-,12+,13-,14-,15-,16-,17+,18-,20-,21-,22-/m1/s1. The maximum absolute atomic E-state index is 12.7. The molecule has 12 nitrogen and oxygen atoms in total. The minimum absolute atomic E-state index is 0.00264. The monoisotopic (exact) mass is 482 g/mol. The Morgan fingerprint density at radius 2 is 1.76 bits per heavy atom. The van der Waals surface area contributed by atoms with Crippen LogP contribution >= 0.6 is 0 Å². The summed E-state index contributed by atoms with van der Waals surface area (Å²) >= 11 is 0. The number of ether oxygens (including phenoxy) is 5. The molecule has 0 radical (unpaired) electrons. The van der Waals surface area contributed by atoms with Crippen LogP contribution < -0.4 is 0 Å². The Morgan fingerprint density at radius 3 is 2.44 bits per heavy atom. The maximum atomic E-state index is 12.7. The Morgan fingerprint density at radius 1 is 1.03 bits per heavy atom. The molecule has 1 saturated carbocycles. The highest BCUT2D eigenvalue weighted by atomic mass is 16.8. The van der Waals surface area contributed by atoms with Crippen LogP contribution in [0.3, 0.4) is 0 Å². The average molecular weight is 482 g/mol. The van der Waals surface area contributed by atoms with Crippen molar-refractivity contribution in [2.45, 2.75) is 54.8 Å². The fourth-order valence-electron chi connectivity index (χ4n) is 5.08. The van der Waals surface area contributed by atoms with Crippen molar-refractivity contribution in [1.82, 2.24) is 0 Å². The molecule has 5 rings (SSSR count). The number of epoxide rings is 1. The molecule has 0 bridgehead atoms. The van der Waals surface area contributed by atoms with E-state index in [1.54, 1.807) is 6.08 Å². The molecule has 1 aromatic carbocycles. The number of phenolic OH excluding ortho intramolecular Hbond substituents is 1. The van der Waals surface area contributed by atoms with E-state index in [-0.39, 0.29) is 11.3 Å². The van der Waals surface area contributed by atoms with Crippen LogP contribution in [0.25, 0.3) is 0 Å². The van der Waals surface area contributed by atoms with Gasteiger partial charge in [0.2, 0.25) is 6.29 Å². The normalized spacial score (nSPS) is 44.6. The zero-order valence-corrected chi connectivity index (χ0v) is 17.8. The molecule has 2 saturated heterocycles. The zero-order valence-electron chi connectivity index (χ0n) is 17.8. The van der Waals surface area contributed by atoms with Crippen molar-refractivity contribution in [3.8, 4) is 5.75 Å². The minimum atomic E-state index is -1.64. The Hall–Kier alpha value is -2.29. The van der Waals surface area contributed by atoms with Crippen molar-refractivity contribution >= 4 is 5.97 Å². The first kappa shape index (κ1) is 23.5. The number of phenols is 1. The van der Waals surface area contributed by atoms with E-state index >= 15 is 0 Å². The summed E-state index contributed by atoms with van der Waals surface area (Å²) in [6, 6.07) is 5.56. The van der Waals surface area contributed by atoms with E-state index in [2.05, 4.69) is 0 Å². The van der Waals surface area contributed by atoms with Gasteiger partial charge in [-0.2, -0.15) is 0 Å². The summed E-state index contributed by atoms with van der Waals surface area (Å²) in [5, 5.41) is 59.3. The molecule has 1 aliphatic carbocycles. The molecule has 0 amide bonds. The average Bonchev–Trinajstić information content (AvgIpc) is 3.52. The van der Waals surface area contributed by atoms with Crippen molar-refractivity contribution in [1.29, 1.82) is 0 Å². The summed E-state index contributed by atoms with van der Waals surface area (Å²) in [5.41, 5.74) is -0.907. The number of benzene rings is 1. The van der Waals surface area contributed by atoms with E-state index in [0.717, 1.165) is 0 Å². The quantitative estimate of drug-likeness (QED) is 0.193. The molecule has 11 atom stereocenters. The Balaban J connectivity index is 1.34. The number of rotatable bonds is 6. The highest BCUT2D eigenvalue weighted by molar-refractivity contribution is 5.89. The molecule has 3 aliphatic heterocycles. The van der Waals surface area contributed by atoms with Gasteiger partial charge in [0.1, 0.15) is 48.0 Å². The fourth-order valence-corrected chi connectivity index (χ4v) is 5.08. The zero-order chi connectivity index (χ0) is 24.2. The highest BCUT2D eigenvalue weighted by Crippen LogP contribution is 2.60. The number of aliphatic hydroxyl groups is 5. The molecule has 0 unspecified atom stereocenters. The van der Waals surface area contributed by atoms with Crippen LogP contribution in [0.1, 0.15) is 10.4 Å². The van der Waals surface area contributed by atoms with Crippen LogP contribution in [0.15, 0.2) is 36.6 Å². The van der Waals surface area contributed by atoms with Gasteiger partial charge in [-0.1, -0.05) is 0 Å². The molecule has 4 aliphatic rings. The third-order valence-corrected chi connectivity index (χ3v) is 6.94. The Bertz CT molecular complexity index is 934. The van der Waals surface area contributed by atoms with Crippen molar-refractivity contribution in [3.63, 3.8) is 0 Å². The van der Waals surface area contributed by atoms with Gasteiger partial charge in [0.15, 0.2) is 6.29 Å². The van der Waals surface area contributed by atoms with E-state index in [0.29, 0.717) is 0 Å². The molecular weight excluding hydrogens is 456 g/mol. The van der Waals surface area contributed by atoms with E-state index < -0.39 is 85.8 Å². The molecule has 186 valence electrons. The van der Waals surface area contributed by atoms with Gasteiger partial charge in [-0.05, 0) is 30.3 Å². The van der Waals surface area contributed by atoms with Crippen LogP contribution in [0.4, 0.5) is 0 Å². The van der Waals surface area contributed by atoms with Gasteiger partial charge in [0, 0.05) is 5.92 Å². The smallest absolute Gasteiger partial charge is 0.338 e. The Labute approximate surface area is 193 Å². The summed E-state index contributed by atoms with van der Waals surface area (Å²) in [6.07, 6.45) is -6.99. The van der Waals surface area contributed by atoms with Crippen LogP contribution in [0.2, 0.25) is 0 Å². The van der Waals surface area contributed by atoms with Crippen molar-refractivity contribution in [2.75, 3.05) is 13.2 Å². The molecule has 34 heavy (non-hydrogen) atoms. The lowest BCUT2D eigenvalue weighted by Crippen LogP contribution is -2.60. The molecule has 1 aromatic rings. The van der Waals surface area contributed by atoms with Gasteiger partial charge >= 0.3 is 5.97 Å². The lowest BCUT2D eigenvalue weighted by atomic mass is 9.85. The predicted octanol–water partition coefficient (Wildman–Crippen LogP) is -2.02. The molecular formula is C22H26O12. The van der Waals surface area contributed by atoms with Gasteiger partial charge in [0.25, 0.3) is 0 Å². The second kappa shape index (κ2) is 8.73. The largest absolute Gasteiger partial charge is 0.508 e. The molecule has 0 aromatic heterocycles. The molecule has 3 fully saturated rings. The number of hydrogen-bond donors (Lipinski definition) is 6. The number of hydrogen-bond acceptors (Lipinski definition) is 12. The first-order valence-electron chi connectivity index (χ1n) is 10.9. The lowest BCUT2D eigenvalue weighted by Gasteiger charge is -2.43. The van der Waals surface area contributed by atoms with Crippen molar-refractivity contribution in [2.24, 2.45) is 11.8 Å². The SMILES string of the molecule is O=C(O[C@H]1[C@@H]2C=CO[C@H](O[C@H]3O[C@@H](CO)[C@@H](O)[C@@H](O)[C@H]3O)[C@@H]2[C@@]2(CO)O[C@H]12)c1ccc(O)cc1. The third-order valence-electron chi connectivity index (χ3n) is 6.94. The summed E-state index contributed by atoms with van der Waals surface area (Å²) in [6.45, 7) is -1.04. The van der Waals surface area contributed by atoms with E-state index in [4.69, 9.17) is 23.7 Å². The summed E-state index contributed by atoms with van der Waals surface area (Å²) in [5.74, 6) is -1.78. The first-order chi connectivity index (χ1) is 16.3.